The van der Waals surface area contributed by atoms with Gasteiger partial charge in [0.2, 0.25) is 0 Å². The Balaban J connectivity index is 5.11. The molecule has 0 saturated carbocycles. The van der Waals surface area contributed by atoms with Crippen LogP contribution >= 0.6 is 11.8 Å². The van der Waals surface area contributed by atoms with Crippen LogP contribution in [0.15, 0.2) is 0 Å². The van der Waals surface area contributed by atoms with Gasteiger partial charge in [0, 0.05) is 19.7 Å². The van der Waals surface area contributed by atoms with Crippen LogP contribution in [0.4, 0.5) is 0 Å². The minimum absolute atomic E-state index is 0.0862. The van der Waals surface area contributed by atoms with Gasteiger partial charge in [0.15, 0.2) is 0 Å². The summed E-state index contributed by atoms with van der Waals surface area (Å²) in [5, 5.41) is 36.6. The van der Waals surface area contributed by atoms with Crippen LogP contribution < -0.4 is 0 Å². The van der Waals surface area contributed by atoms with E-state index < -0.39 is 11.5 Å². The third-order valence-corrected chi connectivity index (χ3v) is 3.60. The van der Waals surface area contributed by atoms with Crippen LogP contribution in [0.3, 0.4) is 0 Å². The van der Waals surface area contributed by atoms with Crippen molar-refractivity contribution in [3.63, 3.8) is 0 Å². The van der Waals surface area contributed by atoms with Crippen molar-refractivity contribution in [1.29, 1.82) is 0 Å². The zero-order valence-electron chi connectivity index (χ0n) is 10.7. The van der Waals surface area contributed by atoms with Crippen LogP contribution in [-0.2, 0) is 4.79 Å². The summed E-state index contributed by atoms with van der Waals surface area (Å²) in [6.07, 6.45) is 2.33. The number of aliphatic hydroxyl groups is 3. The predicted molar refractivity (Wildman–Crippen MR) is 70.8 cm³/mol. The number of β-amino-alcohol motifs (C(OH)–C–C–N with tert-alkyl or cyclic N) is 2. The predicted octanol–water partition coefficient (Wildman–Crippen LogP) is -0.768. The van der Waals surface area contributed by atoms with Gasteiger partial charge in [-0.05, 0) is 24.9 Å². The topological polar surface area (TPSA) is 101 Å². The normalized spacial score (nSPS) is 14.7. The number of rotatable bonds is 11. The molecule has 0 heterocycles. The number of hydrogen-bond donors (Lipinski definition) is 4. The standard InChI is InChI=1S/C11H23NO5S/c1-18-9-3-11(2-6-13,10(16)17)12(4-7-14)5-8-15/h13-15H,2-9H2,1H3,(H,16,17)/t11-/m0/s1. The van der Waals surface area contributed by atoms with Gasteiger partial charge >= 0.3 is 5.97 Å². The quantitative estimate of drug-likeness (QED) is 0.394. The second kappa shape index (κ2) is 9.57. The average molecular weight is 281 g/mol. The molecule has 108 valence electrons. The Kier molecular flexibility index (Phi) is 9.39. The lowest BCUT2D eigenvalue weighted by Gasteiger charge is -2.40. The van der Waals surface area contributed by atoms with Crippen molar-refractivity contribution in [2.24, 2.45) is 0 Å². The van der Waals surface area contributed by atoms with Crippen LogP contribution in [0.2, 0.25) is 0 Å². The highest BCUT2D eigenvalue weighted by Gasteiger charge is 2.42. The lowest BCUT2D eigenvalue weighted by molar-refractivity contribution is -0.154. The molecule has 0 aromatic carbocycles. The highest BCUT2D eigenvalue weighted by atomic mass is 32.2. The Bertz CT molecular complexity index is 235. The SMILES string of the molecule is CSCC[C@@](CCO)(C(=O)O)N(CCO)CCO. The van der Waals surface area contributed by atoms with Crippen LogP contribution in [0.1, 0.15) is 12.8 Å². The van der Waals surface area contributed by atoms with Gasteiger partial charge in [-0.15, -0.1) is 0 Å². The fourth-order valence-electron chi connectivity index (χ4n) is 2.03. The minimum Gasteiger partial charge on any atom is -0.480 e. The molecule has 0 aromatic heterocycles. The molecule has 0 aromatic rings. The molecule has 4 N–H and O–H groups in total. The van der Waals surface area contributed by atoms with E-state index in [1.165, 1.54) is 11.8 Å². The van der Waals surface area contributed by atoms with E-state index in [4.69, 9.17) is 15.3 Å². The number of carbonyl (C=O) groups is 1. The van der Waals surface area contributed by atoms with Crippen molar-refractivity contribution in [2.45, 2.75) is 18.4 Å². The van der Waals surface area contributed by atoms with Crippen molar-refractivity contribution in [2.75, 3.05) is 44.9 Å². The second-order valence-electron chi connectivity index (χ2n) is 3.99. The Morgan fingerprint density at radius 2 is 1.67 bits per heavy atom. The number of nitrogens with zero attached hydrogens (tertiary/aromatic N) is 1. The highest BCUT2D eigenvalue weighted by molar-refractivity contribution is 7.98. The van der Waals surface area contributed by atoms with E-state index in [1.807, 2.05) is 6.26 Å². The lowest BCUT2D eigenvalue weighted by atomic mass is 9.89. The van der Waals surface area contributed by atoms with Crippen LogP contribution in [0.25, 0.3) is 0 Å². The maximum absolute atomic E-state index is 11.6. The summed E-state index contributed by atoms with van der Waals surface area (Å²) in [5.41, 5.74) is -1.22. The summed E-state index contributed by atoms with van der Waals surface area (Å²) < 4.78 is 0. The summed E-state index contributed by atoms with van der Waals surface area (Å²) in [6, 6.07) is 0. The number of aliphatic carboxylic acids is 1. The minimum atomic E-state index is -1.22. The Morgan fingerprint density at radius 3 is 2.00 bits per heavy atom. The molecule has 0 aliphatic carbocycles. The summed E-state index contributed by atoms with van der Waals surface area (Å²) in [4.78, 5) is 13.1. The Labute approximate surface area is 112 Å². The summed E-state index contributed by atoms with van der Waals surface area (Å²) >= 11 is 1.53. The van der Waals surface area contributed by atoms with Crippen molar-refractivity contribution in [3.05, 3.63) is 0 Å². The number of thioether (sulfide) groups is 1. The molecule has 18 heavy (non-hydrogen) atoms. The van der Waals surface area contributed by atoms with Crippen LogP contribution in [0.5, 0.6) is 0 Å². The Morgan fingerprint density at radius 1 is 1.11 bits per heavy atom. The first-order valence-electron chi connectivity index (χ1n) is 5.89. The summed E-state index contributed by atoms with van der Waals surface area (Å²) in [6.45, 7) is -0.268. The summed E-state index contributed by atoms with van der Waals surface area (Å²) in [7, 11) is 0. The molecule has 0 amide bonds. The van der Waals surface area contributed by atoms with E-state index >= 15 is 0 Å². The maximum atomic E-state index is 11.6. The van der Waals surface area contributed by atoms with Crippen molar-refractivity contribution >= 4 is 17.7 Å². The molecule has 0 fully saturated rings. The van der Waals surface area contributed by atoms with Crippen molar-refractivity contribution in [3.8, 4) is 0 Å². The largest absolute Gasteiger partial charge is 0.480 e. The van der Waals surface area contributed by atoms with Gasteiger partial charge in [0.1, 0.15) is 5.54 Å². The van der Waals surface area contributed by atoms with Gasteiger partial charge in [-0.3, -0.25) is 9.69 Å². The zero-order valence-corrected chi connectivity index (χ0v) is 11.5. The smallest absolute Gasteiger partial charge is 0.324 e. The average Bonchev–Trinajstić information content (AvgIpc) is 2.34. The van der Waals surface area contributed by atoms with E-state index in [0.29, 0.717) is 12.2 Å². The van der Waals surface area contributed by atoms with Crippen LogP contribution in [0, 0.1) is 0 Å². The molecule has 0 spiro atoms. The summed E-state index contributed by atoms with van der Waals surface area (Å²) in [5.74, 6) is -0.382. The van der Waals surface area contributed by atoms with E-state index in [9.17, 15) is 9.90 Å². The van der Waals surface area contributed by atoms with Gasteiger partial charge in [-0.1, -0.05) is 0 Å². The third-order valence-electron chi connectivity index (χ3n) is 2.99. The highest BCUT2D eigenvalue weighted by Crippen LogP contribution is 2.26. The molecule has 7 heteroatoms. The zero-order chi connectivity index (χ0) is 14.0. The van der Waals surface area contributed by atoms with Gasteiger partial charge in [0.25, 0.3) is 0 Å². The Hall–Kier alpha value is -0.340. The van der Waals surface area contributed by atoms with Gasteiger partial charge in [-0.25, -0.2) is 0 Å². The molecule has 0 unspecified atom stereocenters. The number of aliphatic hydroxyl groups excluding tert-OH is 3. The van der Waals surface area contributed by atoms with Crippen molar-refractivity contribution < 1.29 is 25.2 Å². The molecule has 0 bridgehead atoms. The number of hydrogen-bond acceptors (Lipinski definition) is 6. The maximum Gasteiger partial charge on any atom is 0.324 e. The van der Waals surface area contributed by atoms with E-state index in [-0.39, 0.29) is 39.3 Å². The van der Waals surface area contributed by atoms with Crippen LogP contribution in [-0.4, -0.2) is 81.8 Å². The fourth-order valence-corrected chi connectivity index (χ4v) is 2.57. The van der Waals surface area contributed by atoms with E-state index in [0.717, 1.165) is 0 Å². The molecule has 0 saturated heterocycles. The molecule has 0 rings (SSSR count). The first-order chi connectivity index (χ1) is 8.58. The molecular weight excluding hydrogens is 258 g/mol. The third kappa shape index (κ3) is 4.74. The number of carboxylic acid groups (broad SMARTS) is 1. The van der Waals surface area contributed by atoms with E-state index in [1.54, 1.807) is 4.90 Å². The molecule has 6 nitrogen and oxygen atoms in total. The van der Waals surface area contributed by atoms with Gasteiger partial charge in [0.05, 0.1) is 13.2 Å². The molecule has 0 aliphatic heterocycles. The van der Waals surface area contributed by atoms with Gasteiger partial charge in [-0.2, -0.15) is 11.8 Å². The monoisotopic (exact) mass is 281 g/mol. The molecule has 0 aliphatic rings. The van der Waals surface area contributed by atoms with E-state index in [2.05, 4.69) is 0 Å². The second-order valence-corrected chi connectivity index (χ2v) is 4.97. The molecular formula is C11H23NO5S. The van der Waals surface area contributed by atoms with Crippen molar-refractivity contribution in [1.82, 2.24) is 4.90 Å². The van der Waals surface area contributed by atoms with Gasteiger partial charge < -0.3 is 20.4 Å². The lowest BCUT2D eigenvalue weighted by Crippen LogP contribution is -2.57. The first kappa shape index (κ1) is 17.7. The molecule has 0 radical (unpaired) electrons. The fraction of sp³-hybridized carbons (Fsp3) is 0.909. The molecule has 1 atom stereocenters. The first-order valence-corrected chi connectivity index (χ1v) is 7.28. The number of carboxylic acids is 1.